The highest BCUT2D eigenvalue weighted by Gasteiger charge is 2.10. The molecule has 2 aromatic rings. The summed E-state index contributed by atoms with van der Waals surface area (Å²) in [6, 6.07) is 15.8. The number of hydrogen-bond acceptors (Lipinski definition) is 4. The largest absolute Gasteiger partial charge is 0.391 e. The molecule has 0 N–H and O–H groups in total. The van der Waals surface area contributed by atoms with Gasteiger partial charge in [0, 0.05) is 23.8 Å². The lowest BCUT2D eigenvalue weighted by molar-refractivity contribution is 0.122. The Labute approximate surface area is 141 Å². The van der Waals surface area contributed by atoms with E-state index in [2.05, 4.69) is 22.2 Å². The lowest BCUT2D eigenvalue weighted by atomic mass is 10.2. The maximum atomic E-state index is 5.84. The van der Waals surface area contributed by atoms with E-state index in [1.165, 1.54) is 5.69 Å². The summed E-state index contributed by atoms with van der Waals surface area (Å²) < 4.78 is 5.37. The summed E-state index contributed by atoms with van der Waals surface area (Å²) in [4.78, 5) is 7.63. The van der Waals surface area contributed by atoms with Crippen LogP contribution in [0.25, 0.3) is 0 Å². The predicted molar refractivity (Wildman–Crippen MR) is 93.3 cm³/mol. The van der Waals surface area contributed by atoms with E-state index in [4.69, 9.17) is 21.2 Å². The summed E-state index contributed by atoms with van der Waals surface area (Å²) in [6.07, 6.45) is 1.72. The molecule has 23 heavy (non-hydrogen) atoms. The van der Waals surface area contributed by atoms with Gasteiger partial charge in [-0.1, -0.05) is 41.0 Å². The number of rotatable bonds is 5. The van der Waals surface area contributed by atoms with Gasteiger partial charge in [-0.2, -0.15) is 0 Å². The summed E-state index contributed by atoms with van der Waals surface area (Å²) in [5.74, 6) is 0. The standard InChI is InChI=1S/C18H19ClN2O2/c19-17-5-1-16(2-6-17)14-23-20-13-15-3-7-18(8-4-15)21-9-11-22-12-10-21/h1-8,13H,9-12,14H2. The summed E-state index contributed by atoms with van der Waals surface area (Å²) in [5.41, 5.74) is 3.26. The van der Waals surface area contributed by atoms with Crippen molar-refractivity contribution in [3.05, 3.63) is 64.7 Å². The number of ether oxygens (including phenoxy) is 1. The highest BCUT2D eigenvalue weighted by Crippen LogP contribution is 2.16. The molecule has 0 atom stereocenters. The summed E-state index contributed by atoms with van der Waals surface area (Å²) in [7, 11) is 0. The van der Waals surface area contributed by atoms with Gasteiger partial charge < -0.3 is 14.5 Å². The minimum atomic E-state index is 0.430. The molecule has 0 radical (unpaired) electrons. The van der Waals surface area contributed by atoms with Crippen LogP contribution < -0.4 is 4.90 Å². The Bertz CT molecular complexity index is 635. The molecule has 0 aromatic heterocycles. The first kappa shape index (κ1) is 15.8. The maximum absolute atomic E-state index is 5.84. The van der Waals surface area contributed by atoms with Gasteiger partial charge >= 0.3 is 0 Å². The molecule has 1 heterocycles. The van der Waals surface area contributed by atoms with Gasteiger partial charge in [-0.05, 0) is 35.4 Å². The third-order valence-electron chi connectivity index (χ3n) is 3.69. The zero-order valence-electron chi connectivity index (χ0n) is 12.8. The zero-order valence-corrected chi connectivity index (χ0v) is 13.6. The van der Waals surface area contributed by atoms with Crippen LogP contribution in [0.3, 0.4) is 0 Å². The molecule has 0 saturated carbocycles. The van der Waals surface area contributed by atoms with Crippen LogP contribution in [0.5, 0.6) is 0 Å². The van der Waals surface area contributed by atoms with Crippen molar-refractivity contribution >= 4 is 23.5 Å². The molecule has 5 heteroatoms. The van der Waals surface area contributed by atoms with Gasteiger partial charge in [-0.3, -0.25) is 0 Å². The number of halogens is 1. The molecular weight excluding hydrogens is 312 g/mol. The van der Waals surface area contributed by atoms with Crippen molar-refractivity contribution < 1.29 is 9.57 Å². The van der Waals surface area contributed by atoms with E-state index in [0.29, 0.717) is 6.61 Å². The van der Waals surface area contributed by atoms with Crippen molar-refractivity contribution in [1.29, 1.82) is 0 Å². The Balaban J connectivity index is 1.50. The van der Waals surface area contributed by atoms with Gasteiger partial charge in [0.1, 0.15) is 6.61 Å². The molecule has 3 rings (SSSR count). The maximum Gasteiger partial charge on any atom is 0.142 e. The third-order valence-corrected chi connectivity index (χ3v) is 3.94. The van der Waals surface area contributed by atoms with E-state index in [1.807, 2.05) is 36.4 Å². The Morgan fingerprint density at radius 1 is 1.04 bits per heavy atom. The van der Waals surface area contributed by atoms with E-state index in [-0.39, 0.29) is 0 Å². The number of morpholine rings is 1. The van der Waals surface area contributed by atoms with Gasteiger partial charge in [0.15, 0.2) is 0 Å². The van der Waals surface area contributed by atoms with Crippen LogP contribution in [0.1, 0.15) is 11.1 Å². The number of benzene rings is 2. The van der Waals surface area contributed by atoms with Gasteiger partial charge in [0.2, 0.25) is 0 Å². The van der Waals surface area contributed by atoms with Gasteiger partial charge in [-0.25, -0.2) is 0 Å². The van der Waals surface area contributed by atoms with Crippen LogP contribution in [-0.4, -0.2) is 32.5 Å². The quantitative estimate of drug-likeness (QED) is 0.619. The Kier molecular flexibility index (Phi) is 5.51. The second kappa shape index (κ2) is 7.99. The normalized spacial score (nSPS) is 15.1. The molecule has 2 aromatic carbocycles. The van der Waals surface area contributed by atoms with E-state index >= 15 is 0 Å². The van der Waals surface area contributed by atoms with Crippen molar-refractivity contribution in [3.63, 3.8) is 0 Å². The molecule has 0 bridgehead atoms. The minimum absolute atomic E-state index is 0.430. The minimum Gasteiger partial charge on any atom is -0.391 e. The van der Waals surface area contributed by atoms with E-state index < -0.39 is 0 Å². The van der Waals surface area contributed by atoms with Crippen LogP contribution in [0.2, 0.25) is 5.02 Å². The van der Waals surface area contributed by atoms with Crippen LogP contribution >= 0.6 is 11.6 Å². The average Bonchev–Trinajstić information content (AvgIpc) is 2.62. The van der Waals surface area contributed by atoms with Crippen LogP contribution in [0.4, 0.5) is 5.69 Å². The van der Waals surface area contributed by atoms with Gasteiger partial charge in [0.05, 0.1) is 19.4 Å². The first-order valence-corrected chi connectivity index (χ1v) is 8.01. The molecule has 0 amide bonds. The van der Waals surface area contributed by atoms with Crippen LogP contribution in [0, 0.1) is 0 Å². The molecular formula is C18H19ClN2O2. The van der Waals surface area contributed by atoms with Crippen molar-refractivity contribution in [3.8, 4) is 0 Å². The van der Waals surface area contributed by atoms with Gasteiger partial charge in [-0.15, -0.1) is 0 Å². The zero-order chi connectivity index (χ0) is 15.9. The first-order valence-electron chi connectivity index (χ1n) is 7.64. The molecule has 0 spiro atoms. The van der Waals surface area contributed by atoms with Gasteiger partial charge in [0.25, 0.3) is 0 Å². The van der Waals surface area contributed by atoms with Crippen molar-refractivity contribution in [2.75, 3.05) is 31.2 Å². The monoisotopic (exact) mass is 330 g/mol. The second-order valence-electron chi connectivity index (χ2n) is 5.33. The number of oxime groups is 1. The second-order valence-corrected chi connectivity index (χ2v) is 5.76. The lowest BCUT2D eigenvalue weighted by Gasteiger charge is -2.28. The fourth-order valence-electron chi connectivity index (χ4n) is 2.38. The molecule has 1 aliphatic rings. The molecule has 0 unspecified atom stereocenters. The van der Waals surface area contributed by atoms with E-state index in [9.17, 15) is 0 Å². The van der Waals surface area contributed by atoms with Crippen molar-refractivity contribution in [1.82, 2.24) is 0 Å². The fourth-order valence-corrected chi connectivity index (χ4v) is 2.51. The van der Waals surface area contributed by atoms with E-state index in [0.717, 1.165) is 42.5 Å². The van der Waals surface area contributed by atoms with Crippen molar-refractivity contribution in [2.24, 2.45) is 5.16 Å². The van der Waals surface area contributed by atoms with Crippen LogP contribution in [0.15, 0.2) is 53.7 Å². The molecule has 1 saturated heterocycles. The highest BCUT2D eigenvalue weighted by molar-refractivity contribution is 6.30. The third kappa shape index (κ3) is 4.71. The Morgan fingerprint density at radius 2 is 1.74 bits per heavy atom. The lowest BCUT2D eigenvalue weighted by Crippen LogP contribution is -2.36. The first-order chi connectivity index (χ1) is 11.3. The SMILES string of the molecule is Clc1ccc(CON=Cc2ccc(N3CCOCC3)cc2)cc1. The van der Waals surface area contributed by atoms with Crippen LogP contribution in [-0.2, 0) is 16.2 Å². The summed E-state index contributed by atoms with van der Waals surface area (Å²) >= 11 is 5.84. The van der Waals surface area contributed by atoms with E-state index in [1.54, 1.807) is 6.21 Å². The Morgan fingerprint density at radius 3 is 2.43 bits per heavy atom. The average molecular weight is 331 g/mol. The molecule has 0 aliphatic carbocycles. The van der Waals surface area contributed by atoms with Crippen molar-refractivity contribution in [2.45, 2.75) is 6.61 Å². The smallest absolute Gasteiger partial charge is 0.142 e. The predicted octanol–water partition coefficient (Wildman–Crippen LogP) is 3.73. The fraction of sp³-hybridized carbons (Fsp3) is 0.278. The topological polar surface area (TPSA) is 34.1 Å². The summed E-state index contributed by atoms with van der Waals surface area (Å²) in [5, 5.41) is 4.73. The number of nitrogens with zero attached hydrogens (tertiary/aromatic N) is 2. The Hall–Kier alpha value is -2.04. The molecule has 1 aliphatic heterocycles. The molecule has 120 valence electrons. The number of anilines is 1. The molecule has 4 nitrogen and oxygen atoms in total. The highest BCUT2D eigenvalue weighted by atomic mass is 35.5. The summed E-state index contributed by atoms with van der Waals surface area (Å²) in [6.45, 7) is 3.90. The molecule has 1 fully saturated rings. The number of hydrogen-bond donors (Lipinski definition) is 0.